The second-order valence-corrected chi connectivity index (χ2v) is 9.29. The van der Waals surface area contributed by atoms with E-state index in [4.69, 9.17) is 13.8 Å². The first kappa shape index (κ1) is 19.6. The third-order valence-corrected chi connectivity index (χ3v) is 7.14. The fraction of sp³-hybridized carbons (Fsp3) is 0.333. The van der Waals surface area contributed by atoms with E-state index in [-0.39, 0.29) is 6.10 Å². The number of hydrogen-bond acceptors (Lipinski definition) is 5. The Morgan fingerprint density at radius 3 is 2.64 bits per heavy atom. The second kappa shape index (κ2) is 8.34. The van der Waals surface area contributed by atoms with E-state index in [0.717, 1.165) is 47.5 Å². The molecule has 1 unspecified atom stereocenters. The summed E-state index contributed by atoms with van der Waals surface area (Å²) >= 11 is 1.55. The minimum Gasteiger partial charge on any atom is -0.496 e. The monoisotopic (exact) mass is 418 g/mol. The Bertz CT molecular complexity index is 936. The van der Waals surface area contributed by atoms with E-state index >= 15 is 0 Å². The van der Waals surface area contributed by atoms with E-state index in [2.05, 4.69) is 0 Å². The lowest BCUT2D eigenvalue weighted by Crippen LogP contribution is -2.15. The quantitative estimate of drug-likeness (QED) is 0.590. The smallest absolute Gasteiger partial charge is 0.496 e. The van der Waals surface area contributed by atoms with Crippen LogP contribution in [0, 0.1) is 0 Å². The fourth-order valence-electron chi connectivity index (χ4n) is 3.58. The van der Waals surface area contributed by atoms with Crippen molar-refractivity contribution >= 4 is 31.4 Å². The topological polar surface area (TPSA) is 65.0 Å². The summed E-state index contributed by atoms with van der Waals surface area (Å²) in [6.45, 7) is 0. The molecule has 28 heavy (non-hydrogen) atoms. The predicted molar refractivity (Wildman–Crippen MR) is 110 cm³/mol. The number of phosphoric acid groups is 1. The Kier molecular flexibility index (Phi) is 5.83. The maximum atomic E-state index is 12.8. The summed E-state index contributed by atoms with van der Waals surface area (Å²) in [5, 5.41) is 0. The molecule has 1 saturated carbocycles. The summed E-state index contributed by atoms with van der Waals surface area (Å²) in [6.07, 6.45) is 6.30. The highest BCUT2D eigenvalue weighted by molar-refractivity contribution is 7.99. The molecule has 1 N–H and O–H groups in total. The molecule has 2 aromatic carbocycles. The van der Waals surface area contributed by atoms with Gasteiger partial charge in [0.05, 0.1) is 18.1 Å². The lowest BCUT2D eigenvalue weighted by molar-refractivity contribution is 0.104. The van der Waals surface area contributed by atoms with Gasteiger partial charge in [0.2, 0.25) is 0 Å². The Morgan fingerprint density at radius 2 is 1.86 bits per heavy atom. The van der Waals surface area contributed by atoms with E-state index in [0.29, 0.717) is 17.1 Å². The molecular weight excluding hydrogens is 395 g/mol. The van der Waals surface area contributed by atoms with Crippen molar-refractivity contribution in [2.24, 2.45) is 0 Å². The van der Waals surface area contributed by atoms with Gasteiger partial charge in [0, 0.05) is 10.5 Å². The molecule has 1 atom stereocenters. The zero-order chi connectivity index (χ0) is 19.6. The lowest BCUT2D eigenvalue weighted by Gasteiger charge is -2.25. The van der Waals surface area contributed by atoms with Crippen molar-refractivity contribution in [2.75, 3.05) is 7.11 Å². The number of phosphoric ester groups is 1. The van der Waals surface area contributed by atoms with Crippen molar-refractivity contribution in [1.82, 2.24) is 0 Å². The molecule has 1 heterocycles. The summed E-state index contributed by atoms with van der Waals surface area (Å²) < 4.78 is 29.4. The van der Waals surface area contributed by atoms with Crippen molar-refractivity contribution in [2.45, 2.75) is 48.0 Å². The Labute approximate surface area is 169 Å². The molecule has 0 radical (unpaired) electrons. The van der Waals surface area contributed by atoms with Gasteiger partial charge in [0.25, 0.3) is 0 Å². The highest BCUT2D eigenvalue weighted by atomic mass is 32.2. The average Bonchev–Trinajstić information content (AvgIpc) is 2.84. The van der Waals surface area contributed by atoms with Crippen LogP contribution in [0.4, 0.5) is 0 Å². The summed E-state index contributed by atoms with van der Waals surface area (Å²) in [5.41, 5.74) is 1.63. The van der Waals surface area contributed by atoms with Gasteiger partial charge >= 0.3 is 7.82 Å². The SMILES string of the molecule is COc1cccc2c1Sc1ccccc1C=C2OP(=O)(O)OC1CCCCC1. The number of fused-ring (bicyclic) bond motifs is 2. The highest BCUT2D eigenvalue weighted by Crippen LogP contribution is 2.54. The van der Waals surface area contributed by atoms with Crippen LogP contribution in [-0.4, -0.2) is 18.1 Å². The van der Waals surface area contributed by atoms with Crippen LogP contribution in [0.3, 0.4) is 0 Å². The normalized spacial score (nSPS) is 18.9. The molecule has 0 aromatic heterocycles. The summed E-state index contributed by atoms with van der Waals surface area (Å²) in [6, 6.07) is 13.4. The number of methoxy groups -OCH3 is 1. The van der Waals surface area contributed by atoms with Crippen LogP contribution in [0.5, 0.6) is 5.75 Å². The molecule has 1 fully saturated rings. The molecule has 0 spiro atoms. The Balaban J connectivity index is 1.70. The minimum atomic E-state index is -4.26. The zero-order valence-electron chi connectivity index (χ0n) is 15.7. The van der Waals surface area contributed by atoms with Crippen LogP contribution in [-0.2, 0) is 13.6 Å². The molecule has 1 aliphatic carbocycles. The number of rotatable bonds is 5. The standard InChI is InChI=1S/C21H23O5PS/c1-24-18-12-7-11-17-19(14-15-8-5-6-13-20(15)28-21(17)18)26-27(22,23)25-16-9-3-2-4-10-16/h5-8,11-14,16H,2-4,9-10H2,1H3,(H,22,23). The molecule has 0 amide bonds. The minimum absolute atomic E-state index is 0.234. The number of ether oxygens (including phenoxy) is 1. The van der Waals surface area contributed by atoms with Crippen LogP contribution >= 0.6 is 19.6 Å². The van der Waals surface area contributed by atoms with Crippen molar-refractivity contribution in [1.29, 1.82) is 0 Å². The molecular formula is C21H23O5PS. The van der Waals surface area contributed by atoms with Gasteiger partial charge in [-0.15, -0.1) is 0 Å². The summed E-state index contributed by atoms with van der Waals surface area (Å²) in [4.78, 5) is 12.3. The van der Waals surface area contributed by atoms with E-state index in [1.54, 1.807) is 24.9 Å². The number of benzene rings is 2. The van der Waals surface area contributed by atoms with Gasteiger partial charge < -0.3 is 9.26 Å². The largest absolute Gasteiger partial charge is 0.527 e. The summed E-state index contributed by atoms with van der Waals surface area (Å²) in [5.74, 6) is 1.00. The average molecular weight is 418 g/mol. The van der Waals surface area contributed by atoms with Crippen LogP contribution in [0.25, 0.3) is 11.8 Å². The van der Waals surface area contributed by atoms with Gasteiger partial charge in [0.1, 0.15) is 11.5 Å². The third-order valence-electron chi connectivity index (χ3n) is 4.93. The molecule has 148 valence electrons. The van der Waals surface area contributed by atoms with E-state index in [9.17, 15) is 9.46 Å². The van der Waals surface area contributed by atoms with Crippen molar-refractivity contribution in [3.05, 3.63) is 53.6 Å². The third kappa shape index (κ3) is 4.31. The van der Waals surface area contributed by atoms with Gasteiger partial charge in [-0.2, -0.15) is 0 Å². The predicted octanol–water partition coefficient (Wildman–Crippen LogP) is 6.12. The molecule has 5 nitrogen and oxygen atoms in total. The zero-order valence-corrected chi connectivity index (χ0v) is 17.4. The first-order valence-electron chi connectivity index (χ1n) is 9.42. The van der Waals surface area contributed by atoms with Crippen LogP contribution in [0.15, 0.2) is 52.3 Å². The van der Waals surface area contributed by atoms with E-state index < -0.39 is 7.82 Å². The van der Waals surface area contributed by atoms with E-state index in [1.165, 1.54) is 0 Å². The lowest BCUT2D eigenvalue weighted by atomic mass is 9.98. The van der Waals surface area contributed by atoms with Gasteiger partial charge in [-0.25, -0.2) is 4.57 Å². The van der Waals surface area contributed by atoms with Gasteiger partial charge in [-0.1, -0.05) is 55.3 Å². The molecule has 0 saturated heterocycles. The first-order valence-corrected chi connectivity index (χ1v) is 11.7. The fourth-order valence-corrected chi connectivity index (χ4v) is 5.75. The van der Waals surface area contributed by atoms with Crippen LogP contribution in [0.1, 0.15) is 43.2 Å². The molecule has 2 aromatic rings. The maximum Gasteiger partial charge on any atom is 0.527 e. The van der Waals surface area contributed by atoms with Crippen LogP contribution < -0.4 is 4.74 Å². The van der Waals surface area contributed by atoms with Gasteiger partial charge in [-0.3, -0.25) is 9.42 Å². The molecule has 7 heteroatoms. The summed E-state index contributed by atoms with van der Waals surface area (Å²) in [7, 11) is -2.65. The van der Waals surface area contributed by atoms with Crippen molar-refractivity contribution in [3.63, 3.8) is 0 Å². The molecule has 2 aliphatic rings. The van der Waals surface area contributed by atoms with Gasteiger partial charge in [0.15, 0.2) is 0 Å². The Morgan fingerprint density at radius 1 is 1.07 bits per heavy atom. The number of hydrogen-bond donors (Lipinski definition) is 1. The second-order valence-electron chi connectivity index (χ2n) is 6.91. The van der Waals surface area contributed by atoms with Crippen molar-refractivity contribution < 1.29 is 23.2 Å². The first-order chi connectivity index (χ1) is 13.6. The van der Waals surface area contributed by atoms with Crippen LogP contribution in [0.2, 0.25) is 0 Å². The molecule has 0 bridgehead atoms. The molecule has 1 aliphatic heterocycles. The Hall–Kier alpha value is -1.72. The van der Waals surface area contributed by atoms with Gasteiger partial charge in [-0.05, 0) is 42.7 Å². The highest BCUT2D eigenvalue weighted by Gasteiger charge is 2.32. The molecule has 4 rings (SSSR count). The van der Waals surface area contributed by atoms with Crippen molar-refractivity contribution in [3.8, 4) is 5.75 Å². The van der Waals surface area contributed by atoms with E-state index in [1.807, 2.05) is 42.5 Å². The maximum absolute atomic E-state index is 12.8.